The Morgan fingerprint density at radius 1 is 1.17 bits per heavy atom. The van der Waals surface area contributed by atoms with Crippen molar-refractivity contribution in [1.82, 2.24) is 0 Å². The molecule has 3 rings (SSSR count). The number of aryl methyl sites for hydroxylation is 1. The molecule has 0 spiro atoms. The molecule has 1 aliphatic heterocycles. The maximum absolute atomic E-state index is 12.6. The quantitative estimate of drug-likeness (QED) is 0.844. The van der Waals surface area contributed by atoms with E-state index >= 15 is 0 Å². The van der Waals surface area contributed by atoms with Gasteiger partial charge >= 0.3 is 5.97 Å². The second-order valence-corrected chi connectivity index (χ2v) is 5.69. The van der Waals surface area contributed by atoms with E-state index in [9.17, 15) is 14.4 Å². The lowest BCUT2D eigenvalue weighted by Crippen LogP contribution is -2.34. The monoisotopic (exact) mass is 324 g/mol. The number of nitrogens with one attached hydrogen (secondary N) is 1. The highest BCUT2D eigenvalue weighted by molar-refractivity contribution is 6.23. The fraction of sp³-hybridized carbons (Fsp3) is 0.167. The Balaban J connectivity index is 1.80. The van der Waals surface area contributed by atoms with Crippen LogP contribution in [0.25, 0.3) is 0 Å². The van der Waals surface area contributed by atoms with E-state index in [1.807, 2.05) is 31.2 Å². The highest BCUT2D eigenvalue weighted by Gasteiger charge is 2.39. The Hall–Kier alpha value is -3.15. The summed E-state index contributed by atoms with van der Waals surface area (Å²) < 4.78 is 0. The largest absolute Gasteiger partial charge is 0.478 e. The first-order chi connectivity index (χ1) is 11.5. The second kappa shape index (κ2) is 6.16. The molecule has 1 fully saturated rings. The molecule has 122 valence electrons. The Labute approximate surface area is 138 Å². The highest BCUT2D eigenvalue weighted by atomic mass is 16.4. The molecule has 2 N–H and O–H groups in total. The summed E-state index contributed by atoms with van der Waals surface area (Å²) in [5.74, 6) is -1.71. The van der Waals surface area contributed by atoms with Crippen LogP contribution in [0.2, 0.25) is 0 Å². The molecule has 0 unspecified atom stereocenters. The average molecular weight is 324 g/mol. The van der Waals surface area contributed by atoms with Crippen LogP contribution in [-0.2, 0) is 9.59 Å². The number of anilines is 2. The fourth-order valence-corrected chi connectivity index (χ4v) is 2.71. The second-order valence-electron chi connectivity index (χ2n) is 5.69. The summed E-state index contributed by atoms with van der Waals surface area (Å²) in [7, 11) is 0. The first-order valence-electron chi connectivity index (χ1n) is 7.49. The van der Waals surface area contributed by atoms with E-state index in [2.05, 4.69) is 5.32 Å². The van der Waals surface area contributed by atoms with Gasteiger partial charge in [-0.2, -0.15) is 0 Å². The number of carbonyl (C=O) groups is 3. The predicted octanol–water partition coefficient (Wildman–Crippen LogP) is 2.44. The number of imide groups is 1. The van der Waals surface area contributed by atoms with Gasteiger partial charge in [0, 0.05) is 5.69 Å². The molecule has 2 aromatic carbocycles. The van der Waals surface area contributed by atoms with E-state index in [1.165, 1.54) is 24.3 Å². The van der Waals surface area contributed by atoms with Crippen molar-refractivity contribution in [3.8, 4) is 0 Å². The van der Waals surface area contributed by atoms with Crippen LogP contribution in [-0.4, -0.2) is 28.9 Å². The Morgan fingerprint density at radius 3 is 2.50 bits per heavy atom. The number of amides is 2. The zero-order valence-electron chi connectivity index (χ0n) is 13.0. The molecule has 24 heavy (non-hydrogen) atoms. The first-order valence-corrected chi connectivity index (χ1v) is 7.49. The summed E-state index contributed by atoms with van der Waals surface area (Å²) in [6.45, 7) is 1.95. The molecule has 0 saturated carbocycles. The normalized spacial score (nSPS) is 17.2. The third-order valence-electron chi connectivity index (χ3n) is 3.88. The van der Waals surface area contributed by atoms with Crippen LogP contribution < -0.4 is 10.2 Å². The van der Waals surface area contributed by atoms with E-state index in [-0.39, 0.29) is 23.8 Å². The van der Waals surface area contributed by atoms with E-state index < -0.39 is 12.0 Å². The summed E-state index contributed by atoms with van der Waals surface area (Å²) in [5, 5.41) is 12.0. The molecule has 0 radical (unpaired) electrons. The van der Waals surface area contributed by atoms with Crippen LogP contribution in [0, 0.1) is 6.92 Å². The van der Waals surface area contributed by atoms with Crippen LogP contribution in [0.1, 0.15) is 22.3 Å². The van der Waals surface area contributed by atoms with E-state index in [0.717, 1.165) is 16.2 Å². The zero-order valence-corrected chi connectivity index (χ0v) is 13.0. The summed E-state index contributed by atoms with van der Waals surface area (Å²) in [4.78, 5) is 36.8. The predicted molar refractivity (Wildman–Crippen MR) is 89.1 cm³/mol. The number of hydrogen-bond acceptors (Lipinski definition) is 4. The third kappa shape index (κ3) is 2.99. The Morgan fingerprint density at radius 2 is 1.88 bits per heavy atom. The Kier molecular flexibility index (Phi) is 4.04. The Bertz CT molecular complexity index is 814. The number of rotatable bonds is 4. The molecular formula is C18H16N2O4. The van der Waals surface area contributed by atoms with Gasteiger partial charge in [0.1, 0.15) is 6.04 Å². The van der Waals surface area contributed by atoms with Crippen LogP contribution in [0.15, 0.2) is 48.5 Å². The van der Waals surface area contributed by atoms with Crippen molar-refractivity contribution in [2.45, 2.75) is 19.4 Å². The molecule has 0 aromatic heterocycles. The summed E-state index contributed by atoms with van der Waals surface area (Å²) in [5.41, 5.74) is 2.32. The van der Waals surface area contributed by atoms with Gasteiger partial charge in [0.15, 0.2) is 0 Å². The van der Waals surface area contributed by atoms with Gasteiger partial charge in [-0.05, 0) is 48.9 Å². The highest BCUT2D eigenvalue weighted by Crippen LogP contribution is 2.25. The van der Waals surface area contributed by atoms with Crippen LogP contribution >= 0.6 is 0 Å². The molecule has 1 aliphatic rings. The van der Waals surface area contributed by atoms with Gasteiger partial charge in [0.2, 0.25) is 5.91 Å². The lowest BCUT2D eigenvalue weighted by Gasteiger charge is -2.16. The molecular weight excluding hydrogens is 308 g/mol. The maximum atomic E-state index is 12.6. The minimum absolute atomic E-state index is 0.0630. The van der Waals surface area contributed by atoms with Gasteiger partial charge in [-0.15, -0.1) is 0 Å². The third-order valence-corrected chi connectivity index (χ3v) is 3.88. The van der Waals surface area contributed by atoms with Crippen molar-refractivity contribution in [2.75, 3.05) is 10.2 Å². The minimum Gasteiger partial charge on any atom is -0.478 e. The van der Waals surface area contributed by atoms with Crippen molar-refractivity contribution in [2.24, 2.45) is 0 Å². The summed E-state index contributed by atoms with van der Waals surface area (Å²) >= 11 is 0. The van der Waals surface area contributed by atoms with E-state index in [0.29, 0.717) is 5.69 Å². The van der Waals surface area contributed by atoms with Gasteiger partial charge in [0.25, 0.3) is 5.91 Å². The van der Waals surface area contributed by atoms with Gasteiger partial charge in [-0.1, -0.05) is 12.1 Å². The van der Waals surface area contributed by atoms with E-state index in [1.54, 1.807) is 0 Å². The summed E-state index contributed by atoms with van der Waals surface area (Å²) in [6.07, 6.45) is 0.0630. The molecule has 2 aromatic rings. The topological polar surface area (TPSA) is 86.7 Å². The average Bonchev–Trinajstić information content (AvgIpc) is 2.81. The standard InChI is InChI=1S/C18H16N2O4/c1-11-3-2-4-13(9-11)19-15-10-16(21)20(17(15)22)14-7-5-12(6-8-14)18(23)24/h2-9,15,19H,10H2,1H3,(H,23,24)/t15-/m0/s1. The molecule has 6 nitrogen and oxygen atoms in total. The van der Waals surface area contributed by atoms with Gasteiger partial charge in [0.05, 0.1) is 17.7 Å². The number of aromatic carboxylic acids is 1. The smallest absolute Gasteiger partial charge is 0.335 e. The van der Waals surface area contributed by atoms with Crippen molar-refractivity contribution < 1.29 is 19.5 Å². The number of benzene rings is 2. The molecule has 0 aliphatic carbocycles. The molecule has 6 heteroatoms. The molecule has 1 atom stereocenters. The van der Waals surface area contributed by atoms with Crippen molar-refractivity contribution in [1.29, 1.82) is 0 Å². The molecule has 2 amide bonds. The van der Waals surface area contributed by atoms with Crippen LogP contribution in [0.3, 0.4) is 0 Å². The minimum atomic E-state index is -1.06. The maximum Gasteiger partial charge on any atom is 0.335 e. The SMILES string of the molecule is Cc1cccc(N[C@H]2CC(=O)N(c3ccc(C(=O)O)cc3)C2=O)c1. The van der Waals surface area contributed by atoms with Crippen molar-refractivity contribution >= 4 is 29.2 Å². The number of carboxylic acids is 1. The van der Waals surface area contributed by atoms with Crippen LogP contribution in [0.5, 0.6) is 0 Å². The lowest BCUT2D eigenvalue weighted by molar-refractivity contribution is -0.121. The zero-order chi connectivity index (χ0) is 17.3. The van der Waals surface area contributed by atoms with Gasteiger partial charge in [-0.3, -0.25) is 9.59 Å². The van der Waals surface area contributed by atoms with Gasteiger partial charge < -0.3 is 10.4 Å². The van der Waals surface area contributed by atoms with E-state index in [4.69, 9.17) is 5.11 Å². The summed E-state index contributed by atoms with van der Waals surface area (Å²) in [6, 6.07) is 12.6. The van der Waals surface area contributed by atoms with Gasteiger partial charge in [-0.25, -0.2) is 9.69 Å². The van der Waals surface area contributed by atoms with Crippen molar-refractivity contribution in [3.63, 3.8) is 0 Å². The lowest BCUT2D eigenvalue weighted by atomic mass is 10.2. The molecule has 0 bridgehead atoms. The number of carboxylic acid groups (broad SMARTS) is 1. The fourth-order valence-electron chi connectivity index (χ4n) is 2.71. The van der Waals surface area contributed by atoms with Crippen molar-refractivity contribution in [3.05, 3.63) is 59.7 Å². The number of carbonyl (C=O) groups excluding carboxylic acids is 2. The first kappa shape index (κ1) is 15.7. The van der Waals surface area contributed by atoms with Crippen LogP contribution in [0.4, 0.5) is 11.4 Å². The molecule has 1 heterocycles. The molecule has 1 saturated heterocycles. The number of nitrogens with zero attached hydrogens (tertiary/aromatic N) is 1. The number of hydrogen-bond donors (Lipinski definition) is 2.